The standard InChI is InChI=1S/C13H24BrN3O2/c1-4-8-19-9-5-12(18)13-11(14)10-15-17(13)7-6-16(2)3/h10,12,18H,4-9H2,1-3H3. The summed E-state index contributed by atoms with van der Waals surface area (Å²) >= 11 is 3.45. The Labute approximate surface area is 123 Å². The molecule has 0 aliphatic rings. The molecule has 0 saturated carbocycles. The first-order valence-electron chi connectivity index (χ1n) is 6.68. The maximum atomic E-state index is 10.3. The maximum Gasteiger partial charge on any atom is 0.0990 e. The van der Waals surface area contributed by atoms with Gasteiger partial charge in [-0.3, -0.25) is 4.68 Å². The van der Waals surface area contributed by atoms with E-state index in [-0.39, 0.29) is 0 Å². The molecular formula is C13H24BrN3O2. The minimum Gasteiger partial charge on any atom is -0.387 e. The lowest BCUT2D eigenvalue weighted by Crippen LogP contribution is -2.21. The van der Waals surface area contributed by atoms with Crippen LogP contribution in [0.15, 0.2) is 10.7 Å². The lowest BCUT2D eigenvalue weighted by Gasteiger charge is -2.16. The fraction of sp³-hybridized carbons (Fsp3) is 0.769. The molecule has 0 bridgehead atoms. The zero-order valence-corrected chi connectivity index (χ0v) is 13.6. The van der Waals surface area contributed by atoms with Crippen molar-refractivity contribution in [3.8, 4) is 0 Å². The van der Waals surface area contributed by atoms with Gasteiger partial charge in [0.15, 0.2) is 0 Å². The molecule has 0 aromatic carbocycles. The molecule has 5 nitrogen and oxygen atoms in total. The van der Waals surface area contributed by atoms with Crippen molar-refractivity contribution in [3.05, 3.63) is 16.4 Å². The van der Waals surface area contributed by atoms with Gasteiger partial charge < -0.3 is 14.7 Å². The van der Waals surface area contributed by atoms with E-state index in [1.807, 2.05) is 18.8 Å². The highest BCUT2D eigenvalue weighted by molar-refractivity contribution is 9.10. The molecule has 6 heteroatoms. The highest BCUT2D eigenvalue weighted by Crippen LogP contribution is 2.25. The molecule has 0 amide bonds. The first-order valence-corrected chi connectivity index (χ1v) is 7.47. The molecule has 1 unspecified atom stereocenters. The quantitative estimate of drug-likeness (QED) is 0.703. The summed E-state index contributed by atoms with van der Waals surface area (Å²) in [4.78, 5) is 2.09. The van der Waals surface area contributed by atoms with Crippen molar-refractivity contribution < 1.29 is 9.84 Å². The van der Waals surface area contributed by atoms with Crippen molar-refractivity contribution in [1.29, 1.82) is 0 Å². The van der Waals surface area contributed by atoms with E-state index in [4.69, 9.17) is 4.74 Å². The van der Waals surface area contributed by atoms with Crippen molar-refractivity contribution in [2.75, 3.05) is 33.9 Å². The molecule has 1 N–H and O–H groups in total. The zero-order chi connectivity index (χ0) is 14.3. The summed E-state index contributed by atoms with van der Waals surface area (Å²) in [6.45, 7) is 5.04. The van der Waals surface area contributed by atoms with E-state index in [9.17, 15) is 5.11 Å². The van der Waals surface area contributed by atoms with Crippen LogP contribution in [0, 0.1) is 0 Å². The van der Waals surface area contributed by atoms with Gasteiger partial charge in [-0.2, -0.15) is 5.10 Å². The molecule has 0 spiro atoms. The number of aliphatic hydroxyl groups excluding tert-OH is 1. The summed E-state index contributed by atoms with van der Waals surface area (Å²) in [5.41, 5.74) is 0.835. The highest BCUT2D eigenvalue weighted by Gasteiger charge is 2.17. The maximum absolute atomic E-state index is 10.3. The van der Waals surface area contributed by atoms with Crippen LogP contribution in [-0.4, -0.2) is 53.6 Å². The SMILES string of the molecule is CCCOCCC(O)c1c(Br)cnn1CCN(C)C. The van der Waals surface area contributed by atoms with Crippen molar-refractivity contribution in [2.45, 2.75) is 32.4 Å². The third kappa shape index (κ3) is 5.60. The first kappa shape index (κ1) is 16.6. The first-order chi connectivity index (χ1) is 9.06. The summed E-state index contributed by atoms with van der Waals surface area (Å²) in [7, 11) is 4.04. The van der Waals surface area contributed by atoms with Gasteiger partial charge in [-0.05, 0) is 36.4 Å². The molecule has 0 fully saturated rings. The molecule has 0 saturated heterocycles. The monoisotopic (exact) mass is 333 g/mol. The number of hydrogen-bond donors (Lipinski definition) is 1. The smallest absolute Gasteiger partial charge is 0.0990 e. The van der Waals surface area contributed by atoms with E-state index in [1.165, 1.54) is 0 Å². The minimum absolute atomic E-state index is 0.545. The Morgan fingerprint density at radius 2 is 2.21 bits per heavy atom. The van der Waals surface area contributed by atoms with Gasteiger partial charge >= 0.3 is 0 Å². The summed E-state index contributed by atoms with van der Waals surface area (Å²) in [6.07, 6.45) is 2.78. The predicted molar refractivity (Wildman–Crippen MR) is 79.2 cm³/mol. The van der Waals surface area contributed by atoms with Gasteiger partial charge in [-0.1, -0.05) is 6.92 Å². The topological polar surface area (TPSA) is 50.5 Å². The normalized spacial score (nSPS) is 13.2. The largest absolute Gasteiger partial charge is 0.387 e. The number of likely N-dealkylation sites (N-methyl/N-ethyl adjacent to an activating group) is 1. The van der Waals surface area contributed by atoms with E-state index in [0.717, 1.165) is 36.3 Å². The number of halogens is 1. The minimum atomic E-state index is -0.545. The predicted octanol–water partition coefficient (Wildman–Crippen LogP) is 2.06. The number of aromatic nitrogens is 2. The second-order valence-electron chi connectivity index (χ2n) is 4.82. The Hall–Kier alpha value is -0.430. The van der Waals surface area contributed by atoms with Gasteiger partial charge in [-0.25, -0.2) is 0 Å². The summed E-state index contributed by atoms with van der Waals surface area (Å²) < 4.78 is 8.13. The number of ether oxygens (including phenoxy) is 1. The van der Waals surface area contributed by atoms with Gasteiger partial charge in [0.25, 0.3) is 0 Å². The Morgan fingerprint density at radius 3 is 2.84 bits per heavy atom. The molecule has 1 aromatic heterocycles. The number of hydrogen-bond acceptors (Lipinski definition) is 4. The number of aliphatic hydroxyl groups is 1. The molecule has 0 aliphatic heterocycles. The molecule has 1 heterocycles. The van der Waals surface area contributed by atoms with Gasteiger partial charge in [0.2, 0.25) is 0 Å². The van der Waals surface area contributed by atoms with E-state index >= 15 is 0 Å². The summed E-state index contributed by atoms with van der Waals surface area (Å²) in [5, 5.41) is 14.5. The molecule has 0 radical (unpaired) electrons. The molecule has 0 aliphatic carbocycles. The summed E-state index contributed by atoms with van der Waals surface area (Å²) in [5.74, 6) is 0. The average molecular weight is 334 g/mol. The third-order valence-electron chi connectivity index (χ3n) is 2.79. The van der Waals surface area contributed by atoms with Gasteiger partial charge in [0.05, 0.1) is 29.0 Å². The van der Waals surface area contributed by atoms with Crippen LogP contribution in [0.2, 0.25) is 0 Å². The molecule has 1 rings (SSSR count). The fourth-order valence-corrected chi connectivity index (χ4v) is 2.31. The van der Waals surface area contributed by atoms with Crippen LogP contribution in [0.3, 0.4) is 0 Å². The Kier molecular flexibility index (Phi) is 7.60. The Morgan fingerprint density at radius 1 is 1.47 bits per heavy atom. The number of rotatable bonds is 9. The average Bonchev–Trinajstić information content (AvgIpc) is 2.73. The Balaban J connectivity index is 2.56. The van der Waals surface area contributed by atoms with Crippen LogP contribution in [0.5, 0.6) is 0 Å². The summed E-state index contributed by atoms with van der Waals surface area (Å²) in [6, 6.07) is 0. The molecule has 1 atom stereocenters. The molecule has 19 heavy (non-hydrogen) atoms. The van der Waals surface area contributed by atoms with Crippen LogP contribution in [-0.2, 0) is 11.3 Å². The van der Waals surface area contributed by atoms with Gasteiger partial charge in [0, 0.05) is 26.2 Å². The van der Waals surface area contributed by atoms with Gasteiger partial charge in [0.1, 0.15) is 0 Å². The lowest BCUT2D eigenvalue weighted by atomic mass is 10.2. The van der Waals surface area contributed by atoms with Crippen LogP contribution in [0.1, 0.15) is 31.6 Å². The molecular weight excluding hydrogens is 310 g/mol. The van der Waals surface area contributed by atoms with Crippen LogP contribution in [0.25, 0.3) is 0 Å². The second-order valence-corrected chi connectivity index (χ2v) is 5.68. The van der Waals surface area contributed by atoms with Crippen molar-refractivity contribution in [2.24, 2.45) is 0 Å². The van der Waals surface area contributed by atoms with E-state index in [1.54, 1.807) is 6.20 Å². The van der Waals surface area contributed by atoms with Crippen molar-refractivity contribution in [3.63, 3.8) is 0 Å². The number of nitrogens with zero attached hydrogens (tertiary/aromatic N) is 3. The van der Waals surface area contributed by atoms with Crippen molar-refractivity contribution in [1.82, 2.24) is 14.7 Å². The van der Waals surface area contributed by atoms with Crippen molar-refractivity contribution >= 4 is 15.9 Å². The Bertz CT molecular complexity index is 369. The fourth-order valence-electron chi connectivity index (χ4n) is 1.75. The van der Waals surface area contributed by atoms with E-state index in [0.29, 0.717) is 13.0 Å². The lowest BCUT2D eigenvalue weighted by molar-refractivity contribution is 0.0776. The zero-order valence-electron chi connectivity index (χ0n) is 12.0. The van der Waals surface area contributed by atoms with Gasteiger partial charge in [-0.15, -0.1) is 0 Å². The third-order valence-corrected chi connectivity index (χ3v) is 3.40. The van der Waals surface area contributed by atoms with E-state index in [2.05, 4.69) is 32.9 Å². The molecule has 1 aromatic rings. The van der Waals surface area contributed by atoms with Crippen LogP contribution in [0.4, 0.5) is 0 Å². The molecule has 110 valence electrons. The van der Waals surface area contributed by atoms with Crippen LogP contribution < -0.4 is 0 Å². The second kappa shape index (κ2) is 8.68. The highest BCUT2D eigenvalue weighted by atomic mass is 79.9. The van der Waals surface area contributed by atoms with E-state index < -0.39 is 6.10 Å². The van der Waals surface area contributed by atoms with Crippen LogP contribution >= 0.6 is 15.9 Å².